The predicted molar refractivity (Wildman–Crippen MR) is 142 cm³/mol. The molecule has 0 unspecified atom stereocenters. The SMILES string of the molecule is CC(C)(C)OC(=O)CC[C@@H](C(N)=O)N1Cc2c(CCc3ccc(CN4CCOCC4)cc3)csc2C1=O. The maximum absolute atomic E-state index is 13.1. The zero-order valence-electron chi connectivity index (χ0n) is 22.0. The molecule has 0 spiro atoms. The second-order valence-electron chi connectivity index (χ2n) is 10.7. The number of hydrogen-bond donors (Lipinski definition) is 1. The van der Waals surface area contributed by atoms with Crippen LogP contribution in [0.25, 0.3) is 0 Å². The molecule has 1 atom stereocenters. The van der Waals surface area contributed by atoms with E-state index in [4.69, 9.17) is 15.2 Å². The van der Waals surface area contributed by atoms with E-state index < -0.39 is 23.5 Å². The molecule has 0 radical (unpaired) electrons. The van der Waals surface area contributed by atoms with E-state index >= 15 is 0 Å². The number of nitrogens with two attached hydrogens (primary N) is 1. The zero-order valence-corrected chi connectivity index (χ0v) is 22.8. The van der Waals surface area contributed by atoms with Crippen LogP contribution < -0.4 is 5.73 Å². The van der Waals surface area contributed by atoms with E-state index in [0.717, 1.165) is 56.8 Å². The van der Waals surface area contributed by atoms with Crippen LogP contribution in [0.5, 0.6) is 0 Å². The molecule has 0 aliphatic carbocycles. The van der Waals surface area contributed by atoms with Gasteiger partial charge in [0.05, 0.1) is 18.1 Å². The lowest BCUT2D eigenvalue weighted by Crippen LogP contribution is -2.45. The number of hydrogen-bond acceptors (Lipinski definition) is 7. The van der Waals surface area contributed by atoms with Gasteiger partial charge < -0.3 is 20.1 Å². The molecule has 0 saturated carbocycles. The molecule has 200 valence electrons. The van der Waals surface area contributed by atoms with Gasteiger partial charge in [0.15, 0.2) is 0 Å². The number of benzene rings is 1. The van der Waals surface area contributed by atoms with Crippen LogP contribution >= 0.6 is 11.3 Å². The Morgan fingerprint density at radius 2 is 1.78 bits per heavy atom. The van der Waals surface area contributed by atoms with E-state index in [2.05, 4.69) is 29.2 Å². The Morgan fingerprint density at radius 1 is 1.11 bits per heavy atom. The molecule has 1 aromatic carbocycles. The molecule has 2 aliphatic heterocycles. The minimum Gasteiger partial charge on any atom is -0.460 e. The summed E-state index contributed by atoms with van der Waals surface area (Å²) in [4.78, 5) is 42.1. The van der Waals surface area contributed by atoms with Crippen molar-refractivity contribution in [2.24, 2.45) is 5.73 Å². The van der Waals surface area contributed by atoms with E-state index in [0.29, 0.717) is 11.4 Å². The van der Waals surface area contributed by atoms with Gasteiger partial charge >= 0.3 is 5.97 Å². The van der Waals surface area contributed by atoms with Crippen LogP contribution in [0.3, 0.4) is 0 Å². The third-order valence-corrected chi connectivity index (χ3v) is 7.79. The molecule has 1 saturated heterocycles. The second kappa shape index (κ2) is 11.8. The average molecular weight is 528 g/mol. The van der Waals surface area contributed by atoms with Crippen molar-refractivity contribution in [1.29, 1.82) is 0 Å². The minimum absolute atomic E-state index is 0.0245. The highest BCUT2D eigenvalue weighted by Gasteiger charge is 2.38. The van der Waals surface area contributed by atoms with E-state index in [1.807, 2.05) is 5.38 Å². The molecule has 2 aliphatic rings. The molecule has 8 nitrogen and oxygen atoms in total. The summed E-state index contributed by atoms with van der Waals surface area (Å²) in [7, 11) is 0. The first-order chi connectivity index (χ1) is 17.6. The van der Waals surface area contributed by atoms with Crippen LogP contribution in [0.15, 0.2) is 29.6 Å². The number of carbonyl (C=O) groups is 3. The molecular formula is C28H37N3O5S. The summed E-state index contributed by atoms with van der Waals surface area (Å²) < 4.78 is 10.8. The van der Waals surface area contributed by atoms with Gasteiger partial charge in [-0.25, -0.2) is 0 Å². The van der Waals surface area contributed by atoms with Gasteiger partial charge in [-0.05, 0) is 67.7 Å². The Morgan fingerprint density at radius 3 is 2.43 bits per heavy atom. The van der Waals surface area contributed by atoms with Crippen molar-refractivity contribution in [1.82, 2.24) is 9.80 Å². The molecular weight excluding hydrogens is 490 g/mol. The molecule has 2 aromatic rings. The topological polar surface area (TPSA) is 102 Å². The highest BCUT2D eigenvalue weighted by molar-refractivity contribution is 7.12. The first-order valence-corrected chi connectivity index (χ1v) is 13.8. The number of esters is 1. The molecule has 3 heterocycles. The second-order valence-corrected chi connectivity index (χ2v) is 11.6. The molecule has 2 amide bonds. The summed E-state index contributed by atoms with van der Waals surface area (Å²) >= 11 is 1.42. The van der Waals surface area contributed by atoms with Crippen LogP contribution in [0.1, 0.15) is 65.5 Å². The lowest BCUT2D eigenvalue weighted by molar-refractivity contribution is -0.155. The minimum atomic E-state index is -0.841. The Hall–Kier alpha value is -2.75. The first kappa shape index (κ1) is 27.3. The van der Waals surface area contributed by atoms with Crippen LogP contribution in [0.4, 0.5) is 0 Å². The summed E-state index contributed by atoms with van der Waals surface area (Å²) in [6, 6.07) is 7.90. The van der Waals surface area contributed by atoms with E-state index in [1.165, 1.54) is 27.4 Å². The number of ether oxygens (including phenoxy) is 2. The average Bonchev–Trinajstić information content (AvgIpc) is 3.38. The standard InChI is InChI=1S/C28H37N3O5S/c1-28(2,3)36-24(32)11-10-23(26(29)33)31-17-22-21(18-37-25(22)27(31)34)9-8-19-4-6-20(7-5-19)16-30-12-14-35-15-13-30/h4-7,18,23H,8-17H2,1-3H3,(H2,29,33)/t23-/m0/s1. The molecule has 2 N–H and O–H groups in total. The predicted octanol–water partition coefficient (Wildman–Crippen LogP) is 3.30. The van der Waals surface area contributed by atoms with Gasteiger partial charge in [0.1, 0.15) is 11.6 Å². The first-order valence-electron chi connectivity index (χ1n) is 12.9. The number of fused-ring (bicyclic) bond motifs is 1. The number of carbonyl (C=O) groups excluding carboxylic acids is 3. The van der Waals surface area contributed by atoms with Crippen LogP contribution in [0.2, 0.25) is 0 Å². The molecule has 4 rings (SSSR count). The number of rotatable bonds is 10. The van der Waals surface area contributed by atoms with Crippen molar-refractivity contribution in [3.8, 4) is 0 Å². The molecule has 1 aromatic heterocycles. The van der Waals surface area contributed by atoms with Gasteiger partial charge in [0, 0.05) is 32.6 Å². The van der Waals surface area contributed by atoms with E-state index in [9.17, 15) is 14.4 Å². The van der Waals surface area contributed by atoms with Gasteiger partial charge in [-0.15, -0.1) is 11.3 Å². The number of amides is 2. The van der Waals surface area contributed by atoms with E-state index in [-0.39, 0.29) is 18.7 Å². The van der Waals surface area contributed by atoms with Gasteiger partial charge in [0.2, 0.25) is 5.91 Å². The highest BCUT2D eigenvalue weighted by atomic mass is 32.1. The number of morpholine rings is 1. The van der Waals surface area contributed by atoms with Gasteiger partial charge in [-0.1, -0.05) is 24.3 Å². The summed E-state index contributed by atoms with van der Waals surface area (Å²) in [5.74, 6) is -1.20. The maximum Gasteiger partial charge on any atom is 0.306 e. The Balaban J connectivity index is 1.34. The fourth-order valence-electron chi connectivity index (χ4n) is 4.81. The van der Waals surface area contributed by atoms with Crippen LogP contribution in [0, 0.1) is 0 Å². The monoisotopic (exact) mass is 527 g/mol. The third-order valence-electron chi connectivity index (χ3n) is 6.73. The normalized spacial score (nSPS) is 17.1. The fourth-order valence-corrected chi connectivity index (χ4v) is 5.89. The quantitative estimate of drug-likeness (QED) is 0.476. The Bertz CT molecular complexity index is 1120. The molecule has 0 bridgehead atoms. The lowest BCUT2D eigenvalue weighted by Gasteiger charge is -2.26. The van der Waals surface area contributed by atoms with Crippen molar-refractivity contribution in [3.05, 3.63) is 56.8 Å². The molecule has 9 heteroatoms. The van der Waals surface area contributed by atoms with E-state index in [1.54, 1.807) is 20.8 Å². The number of primary amides is 1. The third kappa shape index (κ3) is 7.18. The Labute approximate surface area is 222 Å². The summed E-state index contributed by atoms with van der Waals surface area (Å²) in [5, 5.41) is 2.05. The van der Waals surface area contributed by atoms with Crippen LogP contribution in [-0.4, -0.2) is 65.5 Å². The lowest BCUT2D eigenvalue weighted by atomic mass is 10.0. The van der Waals surface area contributed by atoms with Crippen molar-refractivity contribution >= 4 is 29.1 Å². The maximum atomic E-state index is 13.1. The van der Waals surface area contributed by atoms with Crippen molar-refractivity contribution in [2.75, 3.05) is 26.3 Å². The fraction of sp³-hybridized carbons (Fsp3) is 0.536. The van der Waals surface area contributed by atoms with Crippen molar-refractivity contribution in [2.45, 2.75) is 71.2 Å². The zero-order chi connectivity index (χ0) is 26.6. The Kier molecular flexibility index (Phi) is 8.67. The summed E-state index contributed by atoms with van der Waals surface area (Å²) in [5.41, 5.74) is 9.69. The van der Waals surface area contributed by atoms with Gasteiger partial charge in [-0.3, -0.25) is 19.3 Å². The summed E-state index contributed by atoms with van der Waals surface area (Å²) in [6.07, 6.45) is 1.86. The van der Waals surface area contributed by atoms with Crippen molar-refractivity contribution < 1.29 is 23.9 Å². The smallest absolute Gasteiger partial charge is 0.306 e. The number of aryl methyl sites for hydroxylation is 2. The molecule has 1 fully saturated rings. The van der Waals surface area contributed by atoms with Crippen molar-refractivity contribution in [3.63, 3.8) is 0 Å². The molecule has 37 heavy (non-hydrogen) atoms. The van der Waals surface area contributed by atoms with Gasteiger partial charge in [0.25, 0.3) is 5.91 Å². The van der Waals surface area contributed by atoms with Gasteiger partial charge in [-0.2, -0.15) is 0 Å². The largest absolute Gasteiger partial charge is 0.460 e. The number of thiophene rings is 1. The summed E-state index contributed by atoms with van der Waals surface area (Å²) in [6.45, 7) is 10.2. The highest BCUT2D eigenvalue weighted by Crippen LogP contribution is 2.34. The number of nitrogens with zero attached hydrogens (tertiary/aromatic N) is 2. The van der Waals surface area contributed by atoms with Crippen LogP contribution in [-0.2, 0) is 45.0 Å².